The predicted molar refractivity (Wildman–Crippen MR) is 82.4 cm³/mol. The van der Waals surface area contributed by atoms with Gasteiger partial charge in [-0.05, 0) is 30.7 Å². The molecule has 0 spiro atoms. The highest BCUT2D eigenvalue weighted by Gasteiger charge is 2.16. The Balaban J connectivity index is 2.25. The van der Waals surface area contributed by atoms with Crippen LogP contribution in [0.15, 0.2) is 36.4 Å². The Morgan fingerprint density at radius 2 is 1.71 bits per heavy atom. The molecule has 0 aliphatic carbocycles. The minimum atomic E-state index is -0.566. The van der Waals surface area contributed by atoms with E-state index in [1.807, 2.05) is 12.1 Å². The van der Waals surface area contributed by atoms with E-state index in [9.17, 15) is 10.1 Å². The van der Waals surface area contributed by atoms with E-state index in [4.69, 9.17) is 33.7 Å². The molecule has 110 valence electrons. The summed E-state index contributed by atoms with van der Waals surface area (Å²) in [6.45, 7) is 0.570. The summed E-state index contributed by atoms with van der Waals surface area (Å²) in [6.07, 6.45) is 0.777. The third-order valence-corrected chi connectivity index (χ3v) is 3.33. The standard InChI is InChI=1S/C14H12Cl2N2O3/c15-12-7-10(18(19)20)8-13(16)14(12)21-11-3-1-9(2-4-11)5-6-17/h1-4,7-8H,5-6,17H2. The molecule has 0 saturated heterocycles. The molecule has 0 heterocycles. The van der Waals surface area contributed by atoms with Crippen LogP contribution in [0.25, 0.3) is 0 Å². The normalized spacial score (nSPS) is 10.4. The molecular formula is C14H12Cl2N2O3. The van der Waals surface area contributed by atoms with E-state index in [0.29, 0.717) is 12.3 Å². The van der Waals surface area contributed by atoms with Gasteiger partial charge in [0.05, 0.1) is 15.0 Å². The van der Waals surface area contributed by atoms with Gasteiger partial charge in [0.15, 0.2) is 5.75 Å². The number of nitrogens with zero attached hydrogens (tertiary/aromatic N) is 1. The lowest BCUT2D eigenvalue weighted by molar-refractivity contribution is -0.384. The van der Waals surface area contributed by atoms with Gasteiger partial charge in [0, 0.05) is 12.1 Å². The fourth-order valence-corrected chi connectivity index (χ4v) is 2.31. The van der Waals surface area contributed by atoms with Crippen molar-refractivity contribution >= 4 is 28.9 Å². The Kier molecular flexibility index (Phi) is 5.01. The first kappa shape index (κ1) is 15.6. The highest BCUT2D eigenvalue weighted by Crippen LogP contribution is 2.39. The molecule has 0 aliphatic rings. The zero-order valence-corrected chi connectivity index (χ0v) is 12.4. The molecule has 0 aromatic heterocycles. The zero-order chi connectivity index (χ0) is 15.4. The molecule has 0 saturated carbocycles. The van der Waals surface area contributed by atoms with Gasteiger partial charge >= 0.3 is 0 Å². The Morgan fingerprint density at radius 3 is 2.19 bits per heavy atom. The first-order valence-electron chi connectivity index (χ1n) is 6.11. The van der Waals surface area contributed by atoms with Crippen molar-refractivity contribution in [2.45, 2.75) is 6.42 Å². The maximum Gasteiger partial charge on any atom is 0.272 e. The minimum absolute atomic E-state index is 0.0836. The number of ether oxygens (including phenoxy) is 1. The van der Waals surface area contributed by atoms with Crippen molar-refractivity contribution in [3.05, 3.63) is 62.1 Å². The lowest BCUT2D eigenvalue weighted by atomic mass is 10.1. The van der Waals surface area contributed by atoms with Gasteiger partial charge in [0.25, 0.3) is 5.69 Å². The summed E-state index contributed by atoms with van der Waals surface area (Å²) in [4.78, 5) is 10.1. The van der Waals surface area contributed by atoms with Gasteiger partial charge in [0.2, 0.25) is 0 Å². The van der Waals surface area contributed by atoms with E-state index in [0.717, 1.165) is 12.0 Å². The number of nitro benzene ring substituents is 1. The van der Waals surface area contributed by atoms with Crippen molar-refractivity contribution in [2.24, 2.45) is 5.73 Å². The van der Waals surface area contributed by atoms with Gasteiger partial charge in [-0.15, -0.1) is 0 Å². The highest BCUT2D eigenvalue weighted by molar-refractivity contribution is 6.37. The van der Waals surface area contributed by atoms with Crippen LogP contribution < -0.4 is 10.5 Å². The second-order valence-corrected chi connectivity index (χ2v) is 5.09. The third-order valence-electron chi connectivity index (χ3n) is 2.77. The molecule has 0 fully saturated rings. The highest BCUT2D eigenvalue weighted by atomic mass is 35.5. The molecule has 0 unspecified atom stereocenters. The van der Waals surface area contributed by atoms with Crippen LogP contribution in [-0.4, -0.2) is 11.5 Å². The average molecular weight is 327 g/mol. The fourth-order valence-electron chi connectivity index (χ4n) is 1.76. The molecule has 0 amide bonds. The molecule has 7 heteroatoms. The summed E-state index contributed by atoms with van der Waals surface area (Å²) in [6, 6.07) is 9.69. The first-order valence-corrected chi connectivity index (χ1v) is 6.87. The number of non-ortho nitro benzene ring substituents is 1. The first-order chi connectivity index (χ1) is 10.0. The van der Waals surface area contributed by atoms with Crippen LogP contribution in [0.4, 0.5) is 5.69 Å². The number of nitro groups is 1. The minimum Gasteiger partial charge on any atom is -0.454 e. The van der Waals surface area contributed by atoms with E-state index >= 15 is 0 Å². The van der Waals surface area contributed by atoms with E-state index in [1.54, 1.807) is 12.1 Å². The van der Waals surface area contributed by atoms with Crippen LogP contribution in [0.3, 0.4) is 0 Å². The summed E-state index contributed by atoms with van der Waals surface area (Å²) < 4.78 is 5.59. The van der Waals surface area contributed by atoms with Crippen LogP contribution >= 0.6 is 23.2 Å². The summed E-state index contributed by atoms with van der Waals surface area (Å²) in [5, 5.41) is 10.9. The van der Waals surface area contributed by atoms with Gasteiger partial charge < -0.3 is 10.5 Å². The van der Waals surface area contributed by atoms with Crippen molar-refractivity contribution in [3.8, 4) is 11.5 Å². The lowest BCUT2D eigenvalue weighted by Gasteiger charge is -2.10. The molecule has 2 rings (SSSR count). The van der Waals surface area contributed by atoms with Crippen LogP contribution in [0.2, 0.25) is 10.0 Å². The van der Waals surface area contributed by atoms with E-state index in [2.05, 4.69) is 0 Å². The maximum absolute atomic E-state index is 10.7. The van der Waals surface area contributed by atoms with Crippen LogP contribution in [-0.2, 0) is 6.42 Å². The Bertz CT molecular complexity index is 637. The van der Waals surface area contributed by atoms with E-state index in [1.165, 1.54) is 12.1 Å². The smallest absolute Gasteiger partial charge is 0.272 e. The van der Waals surface area contributed by atoms with Crippen molar-refractivity contribution in [1.82, 2.24) is 0 Å². The number of halogens is 2. The van der Waals surface area contributed by atoms with Gasteiger partial charge in [-0.25, -0.2) is 0 Å². The van der Waals surface area contributed by atoms with Crippen molar-refractivity contribution in [3.63, 3.8) is 0 Å². The molecule has 5 nitrogen and oxygen atoms in total. The molecule has 21 heavy (non-hydrogen) atoms. The summed E-state index contributed by atoms with van der Waals surface area (Å²) in [5.74, 6) is 0.726. The Labute approximate surface area is 131 Å². The summed E-state index contributed by atoms with van der Waals surface area (Å²) in [5.41, 5.74) is 6.38. The predicted octanol–water partition coefficient (Wildman–Crippen LogP) is 4.20. The van der Waals surface area contributed by atoms with Crippen molar-refractivity contribution < 1.29 is 9.66 Å². The molecule has 2 aromatic rings. The molecule has 0 bridgehead atoms. The SMILES string of the molecule is NCCc1ccc(Oc2c(Cl)cc([N+](=O)[O-])cc2Cl)cc1. The Morgan fingerprint density at radius 1 is 1.14 bits per heavy atom. The maximum atomic E-state index is 10.7. The molecule has 2 aromatic carbocycles. The van der Waals surface area contributed by atoms with Gasteiger partial charge in [-0.2, -0.15) is 0 Å². The monoisotopic (exact) mass is 326 g/mol. The van der Waals surface area contributed by atoms with Gasteiger partial charge in [-0.1, -0.05) is 35.3 Å². The van der Waals surface area contributed by atoms with Gasteiger partial charge in [-0.3, -0.25) is 10.1 Å². The zero-order valence-electron chi connectivity index (χ0n) is 10.9. The third kappa shape index (κ3) is 3.85. The number of benzene rings is 2. The summed E-state index contributed by atoms with van der Waals surface area (Å²) in [7, 11) is 0. The van der Waals surface area contributed by atoms with Crippen molar-refractivity contribution in [1.29, 1.82) is 0 Å². The second kappa shape index (κ2) is 6.76. The lowest BCUT2D eigenvalue weighted by Crippen LogP contribution is -2.02. The molecule has 0 aliphatic heterocycles. The van der Waals surface area contributed by atoms with Crippen molar-refractivity contribution in [2.75, 3.05) is 6.54 Å². The second-order valence-electron chi connectivity index (χ2n) is 4.28. The number of nitrogens with two attached hydrogens (primary N) is 1. The summed E-state index contributed by atoms with van der Waals surface area (Å²) >= 11 is 12.0. The van der Waals surface area contributed by atoms with Crippen LogP contribution in [0.1, 0.15) is 5.56 Å². The fraction of sp³-hybridized carbons (Fsp3) is 0.143. The number of hydrogen-bond donors (Lipinski definition) is 1. The average Bonchev–Trinajstić information content (AvgIpc) is 2.44. The van der Waals surface area contributed by atoms with E-state index < -0.39 is 4.92 Å². The molecule has 0 radical (unpaired) electrons. The van der Waals surface area contributed by atoms with E-state index in [-0.39, 0.29) is 21.5 Å². The Hall–Kier alpha value is -1.82. The molecule has 0 atom stereocenters. The topological polar surface area (TPSA) is 78.4 Å². The van der Waals surface area contributed by atoms with Crippen LogP contribution in [0.5, 0.6) is 11.5 Å². The largest absolute Gasteiger partial charge is 0.454 e. The number of rotatable bonds is 5. The quantitative estimate of drug-likeness (QED) is 0.659. The molecular weight excluding hydrogens is 315 g/mol. The van der Waals surface area contributed by atoms with Gasteiger partial charge in [0.1, 0.15) is 5.75 Å². The molecule has 2 N–H and O–H groups in total. The number of hydrogen-bond acceptors (Lipinski definition) is 4. The van der Waals surface area contributed by atoms with Crippen LogP contribution in [0, 0.1) is 10.1 Å².